The Balaban J connectivity index is 2.68. The van der Waals surface area contributed by atoms with E-state index in [1.807, 2.05) is 12.1 Å². The Morgan fingerprint density at radius 3 is 2.56 bits per heavy atom. The number of hydrogen-bond acceptors (Lipinski definition) is 3. The molecule has 1 unspecified atom stereocenters. The summed E-state index contributed by atoms with van der Waals surface area (Å²) in [6.45, 7) is 6.90. The highest BCUT2D eigenvalue weighted by Crippen LogP contribution is 2.21. The molecule has 0 aliphatic rings. The number of methoxy groups -OCH3 is 1. The first kappa shape index (κ1) is 14.5. The molecule has 1 atom stereocenters. The summed E-state index contributed by atoms with van der Waals surface area (Å²) in [4.78, 5) is 0. The van der Waals surface area contributed by atoms with E-state index < -0.39 is 0 Å². The first-order valence-electron chi connectivity index (χ1n) is 6.25. The first-order valence-corrected chi connectivity index (χ1v) is 6.25. The zero-order chi connectivity index (χ0) is 13.5. The summed E-state index contributed by atoms with van der Waals surface area (Å²) in [7, 11) is 1.63. The van der Waals surface area contributed by atoms with Gasteiger partial charge in [-0.3, -0.25) is 0 Å². The van der Waals surface area contributed by atoms with Crippen LogP contribution >= 0.6 is 0 Å². The molecule has 0 saturated carbocycles. The van der Waals surface area contributed by atoms with E-state index in [9.17, 15) is 0 Å². The Kier molecular flexibility index (Phi) is 5.67. The maximum atomic E-state index is 8.89. The number of benzene rings is 1. The van der Waals surface area contributed by atoms with Crippen LogP contribution in [0.5, 0.6) is 5.75 Å². The molecule has 3 nitrogen and oxygen atoms in total. The van der Waals surface area contributed by atoms with Crippen LogP contribution in [0, 0.1) is 17.2 Å². The van der Waals surface area contributed by atoms with Crippen LogP contribution in [-0.2, 0) is 11.3 Å². The standard InChI is InChI=1S/C15H21NO2/c1-11(2)7-12(3)18-10-14-8-13(9-16)5-6-15(14)17-4/h5-6,8,11-12H,7,10H2,1-4H3. The van der Waals surface area contributed by atoms with Gasteiger partial charge in [0.1, 0.15) is 5.75 Å². The van der Waals surface area contributed by atoms with Crippen LogP contribution < -0.4 is 4.74 Å². The summed E-state index contributed by atoms with van der Waals surface area (Å²) in [5.74, 6) is 1.39. The van der Waals surface area contributed by atoms with E-state index >= 15 is 0 Å². The van der Waals surface area contributed by atoms with Crippen molar-refractivity contribution in [2.75, 3.05) is 7.11 Å². The van der Waals surface area contributed by atoms with Gasteiger partial charge in [-0.2, -0.15) is 5.26 Å². The van der Waals surface area contributed by atoms with Gasteiger partial charge in [-0.05, 0) is 37.5 Å². The Morgan fingerprint density at radius 2 is 2.00 bits per heavy atom. The van der Waals surface area contributed by atoms with E-state index in [0.717, 1.165) is 17.7 Å². The maximum absolute atomic E-state index is 8.89. The summed E-state index contributed by atoms with van der Waals surface area (Å²) in [5.41, 5.74) is 1.55. The van der Waals surface area contributed by atoms with Crippen LogP contribution in [0.1, 0.15) is 38.3 Å². The molecule has 98 valence electrons. The smallest absolute Gasteiger partial charge is 0.124 e. The summed E-state index contributed by atoms with van der Waals surface area (Å²) in [6, 6.07) is 7.51. The van der Waals surface area contributed by atoms with Gasteiger partial charge in [0.25, 0.3) is 0 Å². The fraction of sp³-hybridized carbons (Fsp3) is 0.533. The molecule has 0 aliphatic heterocycles. The molecule has 1 rings (SSSR count). The summed E-state index contributed by atoms with van der Waals surface area (Å²) < 4.78 is 11.1. The topological polar surface area (TPSA) is 42.2 Å². The lowest BCUT2D eigenvalue weighted by Crippen LogP contribution is -2.11. The molecule has 0 fully saturated rings. The third kappa shape index (κ3) is 4.38. The van der Waals surface area contributed by atoms with Gasteiger partial charge in [0.2, 0.25) is 0 Å². The lowest BCUT2D eigenvalue weighted by Gasteiger charge is -2.16. The van der Waals surface area contributed by atoms with Crippen molar-refractivity contribution in [3.8, 4) is 11.8 Å². The molecule has 0 bridgehead atoms. The fourth-order valence-electron chi connectivity index (χ4n) is 1.92. The Labute approximate surface area is 109 Å². The first-order chi connectivity index (χ1) is 8.56. The molecule has 0 amide bonds. The number of nitrogens with zero attached hydrogens (tertiary/aromatic N) is 1. The van der Waals surface area contributed by atoms with Crippen LogP contribution in [0.2, 0.25) is 0 Å². The molecule has 18 heavy (non-hydrogen) atoms. The molecule has 0 aromatic heterocycles. The number of hydrogen-bond donors (Lipinski definition) is 0. The second-order valence-corrected chi connectivity index (χ2v) is 4.89. The molecule has 1 aromatic rings. The molecular formula is C15H21NO2. The van der Waals surface area contributed by atoms with Crippen molar-refractivity contribution >= 4 is 0 Å². The molecule has 0 saturated heterocycles. The van der Waals surface area contributed by atoms with Gasteiger partial charge in [0.15, 0.2) is 0 Å². The van der Waals surface area contributed by atoms with Gasteiger partial charge < -0.3 is 9.47 Å². The van der Waals surface area contributed by atoms with Crippen LogP contribution in [0.3, 0.4) is 0 Å². The second-order valence-electron chi connectivity index (χ2n) is 4.89. The molecule has 1 aromatic carbocycles. The van der Waals surface area contributed by atoms with E-state index in [1.165, 1.54) is 0 Å². The summed E-state index contributed by atoms with van der Waals surface area (Å²) >= 11 is 0. The zero-order valence-electron chi connectivity index (χ0n) is 11.6. The molecule has 0 aliphatic carbocycles. The van der Waals surface area contributed by atoms with Crippen molar-refractivity contribution in [1.29, 1.82) is 5.26 Å². The molecule has 0 N–H and O–H groups in total. The maximum Gasteiger partial charge on any atom is 0.124 e. The Morgan fingerprint density at radius 1 is 1.28 bits per heavy atom. The Bertz CT molecular complexity index is 421. The average Bonchev–Trinajstić information content (AvgIpc) is 2.35. The molecular weight excluding hydrogens is 226 g/mol. The molecule has 3 heteroatoms. The number of rotatable bonds is 6. The SMILES string of the molecule is COc1ccc(C#N)cc1COC(C)CC(C)C. The van der Waals surface area contributed by atoms with Gasteiger partial charge >= 0.3 is 0 Å². The second kappa shape index (κ2) is 7.03. The van der Waals surface area contributed by atoms with Crippen LogP contribution in [0.15, 0.2) is 18.2 Å². The van der Waals surface area contributed by atoms with Crippen molar-refractivity contribution in [2.24, 2.45) is 5.92 Å². The van der Waals surface area contributed by atoms with Gasteiger partial charge in [0.05, 0.1) is 31.5 Å². The predicted molar refractivity (Wildman–Crippen MR) is 71.4 cm³/mol. The van der Waals surface area contributed by atoms with Crippen molar-refractivity contribution in [1.82, 2.24) is 0 Å². The van der Waals surface area contributed by atoms with Gasteiger partial charge in [-0.25, -0.2) is 0 Å². The van der Waals surface area contributed by atoms with E-state index in [4.69, 9.17) is 14.7 Å². The van der Waals surface area contributed by atoms with Crippen molar-refractivity contribution in [3.63, 3.8) is 0 Å². The van der Waals surface area contributed by atoms with Crippen LogP contribution in [0.4, 0.5) is 0 Å². The lowest BCUT2D eigenvalue weighted by atomic mass is 10.1. The van der Waals surface area contributed by atoms with Crippen LogP contribution in [-0.4, -0.2) is 13.2 Å². The third-order valence-corrected chi connectivity index (χ3v) is 2.74. The normalized spacial score (nSPS) is 12.2. The molecule has 0 heterocycles. The lowest BCUT2D eigenvalue weighted by molar-refractivity contribution is 0.0387. The molecule has 0 spiro atoms. The van der Waals surface area contributed by atoms with Crippen LogP contribution in [0.25, 0.3) is 0 Å². The minimum absolute atomic E-state index is 0.209. The van der Waals surface area contributed by atoms with Crippen molar-refractivity contribution in [3.05, 3.63) is 29.3 Å². The summed E-state index contributed by atoms with van der Waals surface area (Å²) in [5, 5.41) is 8.89. The predicted octanol–water partition coefficient (Wildman–Crippen LogP) is 3.52. The minimum Gasteiger partial charge on any atom is -0.496 e. The highest BCUT2D eigenvalue weighted by molar-refractivity contribution is 5.41. The fourth-order valence-corrected chi connectivity index (χ4v) is 1.92. The quantitative estimate of drug-likeness (QED) is 0.772. The Hall–Kier alpha value is -1.53. The average molecular weight is 247 g/mol. The van der Waals surface area contributed by atoms with E-state index in [-0.39, 0.29) is 6.10 Å². The molecule has 0 radical (unpaired) electrons. The van der Waals surface area contributed by atoms with Gasteiger partial charge in [-0.15, -0.1) is 0 Å². The van der Waals surface area contributed by atoms with Gasteiger partial charge in [0, 0.05) is 5.56 Å². The van der Waals surface area contributed by atoms with E-state index in [2.05, 4.69) is 26.8 Å². The largest absolute Gasteiger partial charge is 0.496 e. The van der Waals surface area contributed by atoms with Crippen molar-refractivity contribution < 1.29 is 9.47 Å². The summed E-state index contributed by atoms with van der Waals surface area (Å²) in [6.07, 6.45) is 1.24. The van der Waals surface area contributed by atoms with E-state index in [0.29, 0.717) is 18.1 Å². The van der Waals surface area contributed by atoms with Gasteiger partial charge in [-0.1, -0.05) is 13.8 Å². The van der Waals surface area contributed by atoms with Crippen molar-refractivity contribution in [2.45, 2.75) is 39.9 Å². The highest BCUT2D eigenvalue weighted by atomic mass is 16.5. The number of ether oxygens (including phenoxy) is 2. The zero-order valence-corrected chi connectivity index (χ0v) is 11.6. The highest BCUT2D eigenvalue weighted by Gasteiger charge is 2.09. The minimum atomic E-state index is 0.209. The monoisotopic (exact) mass is 247 g/mol. The third-order valence-electron chi connectivity index (χ3n) is 2.74. The number of nitriles is 1. The van der Waals surface area contributed by atoms with E-state index in [1.54, 1.807) is 13.2 Å².